The Hall–Kier alpha value is -3.29. The molecular weight excluding hydrogens is 380 g/mol. The Kier molecular flexibility index (Phi) is 5.00. The molecule has 0 radical (unpaired) electrons. The van der Waals surface area contributed by atoms with Crippen molar-refractivity contribution in [2.45, 2.75) is 25.4 Å². The summed E-state index contributed by atoms with van der Waals surface area (Å²) in [6.45, 7) is 0.0420. The maximum atomic E-state index is 13.8. The maximum Gasteiger partial charge on any atom is 0.256 e. The molecule has 6 nitrogen and oxygen atoms in total. The van der Waals surface area contributed by atoms with E-state index < -0.39 is 29.5 Å². The van der Waals surface area contributed by atoms with E-state index in [9.17, 15) is 23.2 Å². The Balaban J connectivity index is 1.59. The van der Waals surface area contributed by atoms with Crippen molar-refractivity contribution in [1.29, 1.82) is 0 Å². The van der Waals surface area contributed by atoms with Crippen LogP contribution in [0.4, 0.5) is 14.5 Å². The molecule has 2 aliphatic rings. The molecule has 2 aliphatic heterocycles. The first kappa shape index (κ1) is 19.0. The number of benzene rings is 2. The summed E-state index contributed by atoms with van der Waals surface area (Å²) < 4.78 is 27.5. The SMILES string of the molecule is O=C(CN1C(=O)[C@H]2CCCN2C(=O)c2cc(F)ccc21)NCc1ccccc1F. The molecule has 1 atom stereocenters. The van der Waals surface area contributed by atoms with Crippen molar-refractivity contribution in [2.24, 2.45) is 0 Å². The minimum Gasteiger partial charge on any atom is -0.350 e. The highest BCUT2D eigenvalue weighted by atomic mass is 19.1. The molecule has 4 rings (SSSR count). The third-order valence-corrected chi connectivity index (χ3v) is 5.28. The molecule has 2 aromatic carbocycles. The number of nitrogens with zero attached hydrogens (tertiary/aromatic N) is 2. The average Bonchev–Trinajstić information content (AvgIpc) is 3.18. The zero-order valence-corrected chi connectivity index (χ0v) is 15.5. The predicted octanol–water partition coefficient (Wildman–Crippen LogP) is 2.23. The summed E-state index contributed by atoms with van der Waals surface area (Å²) in [4.78, 5) is 41.1. The second-order valence-electron chi connectivity index (χ2n) is 7.11. The molecule has 3 amide bonds. The summed E-state index contributed by atoms with van der Waals surface area (Å²) >= 11 is 0. The first-order valence-corrected chi connectivity index (χ1v) is 9.37. The molecule has 0 aliphatic carbocycles. The number of anilines is 1. The molecule has 1 N–H and O–H groups in total. The van der Waals surface area contributed by atoms with Gasteiger partial charge in [-0.1, -0.05) is 18.2 Å². The van der Waals surface area contributed by atoms with Crippen LogP contribution in [0, 0.1) is 11.6 Å². The Bertz CT molecular complexity index is 995. The lowest BCUT2D eigenvalue weighted by atomic mass is 10.1. The van der Waals surface area contributed by atoms with Gasteiger partial charge in [-0.05, 0) is 37.1 Å². The van der Waals surface area contributed by atoms with Gasteiger partial charge < -0.3 is 15.1 Å². The number of nitrogens with one attached hydrogen (secondary N) is 1. The van der Waals surface area contributed by atoms with Gasteiger partial charge in [0.05, 0.1) is 11.3 Å². The number of rotatable bonds is 4. The first-order valence-electron chi connectivity index (χ1n) is 9.37. The summed E-state index contributed by atoms with van der Waals surface area (Å²) in [5.41, 5.74) is 0.587. The minimum absolute atomic E-state index is 0.0295. The van der Waals surface area contributed by atoms with E-state index in [-0.39, 0.29) is 30.2 Å². The van der Waals surface area contributed by atoms with Gasteiger partial charge in [-0.2, -0.15) is 0 Å². The molecule has 2 heterocycles. The maximum absolute atomic E-state index is 13.8. The molecule has 1 saturated heterocycles. The number of hydrogen-bond acceptors (Lipinski definition) is 3. The van der Waals surface area contributed by atoms with Crippen molar-refractivity contribution < 1.29 is 23.2 Å². The number of carbonyl (C=O) groups is 3. The highest BCUT2D eigenvalue weighted by molar-refractivity contribution is 6.12. The van der Waals surface area contributed by atoms with E-state index in [2.05, 4.69) is 5.32 Å². The molecule has 2 aromatic rings. The van der Waals surface area contributed by atoms with Crippen molar-refractivity contribution >= 4 is 23.4 Å². The Labute approximate surface area is 166 Å². The number of amides is 3. The molecule has 0 unspecified atom stereocenters. The van der Waals surface area contributed by atoms with Gasteiger partial charge in [0.15, 0.2) is 0 Å². The molecule has 8 heteroatoms. The summed E-state index contributed by atoms with van der Waals surface area (Å²) in [6, 6.07) is 8.98. The lowest BCUT2D eigenvalue weighted by Gasteiger charge is -2.25. The van der Waals surface area contributed by atoms with E-state index in [4.69, 9.17) is 0 Å². The Morgan fingerprint density at radius 3 is 2.72 bits per heavy atom. The third kappa shape index (κ3) is 3.57. The van der Waals surface area contributed by atoms with Crippen LogP contribution in [0.5, 0.6) is 0 Å². The van der Waals surface area contributed by atoms with Crippen LogP contribution in [0.3, 0.4) is 0 Å². The fourth-order valence-corrected chi connectivity index (χ4v) is 3.83. The summed E-state index contributed by atoms with van der Waals surface area (Å²) in [7, 11) is 0. The van der Waals surface area contributed by atoms with Crippen LogP contribution in [0.2, 0.25) is 0 Å². The van der Waals surface area contributed by atoms with Gasteiger partial charge in [0.1, 0.15) is 24.2 Å². The van der Waals surface area contributed by atoms with Crippen LogP contribution >= 0.6 is 0 Å². The predicted molar refractivity (Wildman–Crippen MR) is 101 cm³/mol. The van der Waals surface area contributed by atoms with Gasteiger partial charge in [-0.3, -0.25) is 14.4 Å². The van der Waals surface area contributed by atoms with Crippen LogP contribution in [0.1, 0.15) is 28.8 Å². The van der Waals surface area contributed by atoms with Crippen molar-refractivity contribution in [3.05, 3.63) is 65.2 Å². The quantitative estimate of drug-likeness (QED) is 0.857. The molecule has 150 valence electrons. The second-order valence-corrected chi connectivity index (χ2v) is 7.11. The number of halogens is 2. The smallest absolute Gasteiger partial charge is 0.256 e. The Morgan fingerprint density at radius 2 is 1.93 bits per heavy atom. The molecular formula is C21H19F2N3O3. The highest BCUT2D eigenvalue weighted by Crippen LogP contribution is 2.32. The summed E-state index contributed by atoms with van der Waals surface area (Å²) in [5, 5.41) is 2.60. The van der Waals surface area contributed by atoms with E-state index >= 15 is 0 Å². The van der Waals surface area contributed by atoms with Crippen LogP contribution in [0.15, 0.2) is 42.5 Å². The van der Waals surface area contributed by atoms with Crippen LogP contribution in [-0.2, 0) is 16.1 Å². The van der Waals surface area contributed by atoms with Crippen LogP contribution in [-0.4, -0.2) is 41.8 Å². The van der Waals surface area contributed by atoms with Gasteiger partial charge in [0.25, 0.3) is 5.91 Å². The highest BCUT2D eigenvalue weighted by Gasteiger charge is 2.42. The fourth-order valence-electron chi connectivity index (χ4n) is 3.83. The summed E-state index contributed by atoms with van der Waals surface area (Å²) in [6.07, 6.45) is 1.16. The van der Waals surface area contributed by atoms with Gasteiger partial charge in [0, 0.05) is 18.7 Å². The number of fused-ring (bicyclic) bond motifs is 2. The molecule has 0 aromatic heterocycles. The van der Waals surface area contributed by atoms with Crippen LogP contribution < -0.4 is 10.2 Å². The number of hydrogen-bond donors (Lipinski definition) is 1. The van der Waals surface area contributed by atoms with E-state index in [1.54, 1.807) is 18.2 Å². The normalized spacial score (nSPS) is 18.3. The first-order chi connectivity index (χ1) is 14.0. The zero-order chi connectivity index (χ0) is 20.5. The molecule has 0 bridgehead atoms. The topological polar surface area (TPSA) is 69.7 Å². The lowest BCUT2D eigenvalue weighted by Crippen LogP contribution is -2.48. The number of carbonyl (C=O) groups excluding carboxylic acids is 3. The van der Waals surface area contributed by atoms with E-state index in [1.807, 2.05) is 0 Å². The van der Waals surface area contributed by atoms with Gasteiger partial charge in [-0.25, -0.2) is 8.78 Å². The molecule has 29 heavy (non-hydrogen) atoms. The van der Waals surface area contributed by atoms with E-state index in [0.29, 0.717) is 24.9 Å². The second kappa shape index (κ2) is 7.62. The van der Waals surface area contributed by atoms with Crippen LogP contribution in [0.25, 0.3) is 0 Å². The van der Waals surface area contributed by atoms with E-state index in [0.717, 1.165) is 12.1 Å². The van der Waals surface area contributed by atoms with E-state index in [1.165, 1.54) is 21.9 Å². The van der Waals surface area contributed by atoms with Gasteiger partial charge in [-0.15, -0.1) is 0 Å². The average molecular weight is 399 g/mol. The monoisotopic (exact) mass is 399 g/mol. The Morgan fingerprint density at radius 1 is 1.14 bits per heavy atom. The fraction of sp³-hybridized carbons (Fsp3) is 0.286. The van der Waals surface area contributed by atoms with Gasteiger partial charge >= 0.3 is 0 Å². The van der Waals surface area contributed by atoms with Crippen molar-refractivity contribution in [1.82, 2.24) is 10.2 Å². The molecule has 0 saturated carbocycles. The largest absolute Gasteiger partial charge is 0.350 e. The summed E-state index contributed by atoms with van der Waals surface area (Å²) in [5.74, 6) is -2.32. The van der Waals surface area contributed by atoms with Crippen molar-refractivity contribution in [3.63, 3.8) is 0 Å². The third-order valence-electron chi connectivity index (χ3n) is 5.28. The van der Waals surface area contributed by atoms with Gasteiger partial charge in [0.2, 0.25) is 11.8 Å². The standard InChI is InChI=1S/C21H19F2N3O3/c22-14-7-8-17-15(10-14)20(28)25-9-3-6-18(25)21(29)26(17)12-19(27)24-11-13-4-1-2-5-16(13)23/h1-2,4-5,7-8,10,18H,3,6,9,11-12H2,(H,24,27)/t18-/m1/s1. The molecule has 1 fully saturated rings. The van der Waals surface area contributed by atoms with Crippen molar-refractivity contribution in [2.75, 3.05) is 18.0 Å². The zero-order valence-electron chi connectivity index (χ0n) is 15.5. The minimum atomic E-state index is -0.669. The molecule has 0 spiro atoms. The van der Waals surface area contributed by atoms with Crippen molar-refractivity contribution in [3.8, 4) is 0 Å². The lowest BCUT2D eigenvalue weighted by molar-refractivity contribution is -0.125.